The number of rotatable bonds is 19. The van der Waals surface area contributed by atoms with Crippen LogP contribution in [0.2, 0.25) is 0 Å². The minimum Gasteiger partial charge on any atom is -0.353 e. The van der Waals surface area contributed by atoms with Gasteiger partial charge in [-0.05, 0) is 37.1 Å². The zero-order chi connectivity index (χ0) is 28.8. The summed E-state index contributed by atoms with van der Waals surface area (Å²) in [5.41, 5.74) is 0. The van der Waals surface area contributed by atoms with Crippen LogP contribution >= 0.6 is 0 Å². The predicted molar refractivity (Wildman–Crippen MR) is 144 cm³/mol. The highest BCUT2D eigenvalue weighted by atomic mass is 16.2. The molecule has 2 unspecified atom stereocenters. The van der Waals surface area contributed by atoms with Gasteiger partial charge in [0.2, 0.25) is 35.4 Å². The van der Waals surface area contributed by atoms with Crippen molar-refractivity contribution in [2.75, 3.05) is 26.2 Å². The number of hydrogen-bond acceptors (Lipinski definition) is 6. The molecular formula is C26H36N6O6. The third-order valence-corrected chi connectivity index (χ3v) is 4.64. The number of nitrogens with one attached hydrogen (secondary N) is 6. The number of allylic oxidation sites excluding steroid dienone is 2. The third-order valence-electron chi connectivity index (χ3n) is 4.64. The van der Waals surface area contributed by atoms with Crippen molar-refractivity contribution in [2.45, 2.75) is 24.9 Å². The lowest BCUT2D eigenvalue weighted by Gasteiger charge is -2.18. The maximum Gasteiger partial charge on any atom is 0.244 e. The lowest BCUT2D eigenvalue weighted by molar-refractivity contribution is -0.119. The predicted octanol–water partition coefficient (Wildman–Crippen LogP) is -0.943. The van der Waals surface area contributed by atoms with Crippen LogP contribution in [-0.4, -0.2) is 73.7 Å². The molecule has 12 nitrogen and oxygen atoms in total. The fourth-order valence-corrected chi connectivity index (χ4v) is 2.70. The average Bonchev–Trinajstić information content (AvgIpc) is 2.92. The zero-order valence-electron chi connectivity index (χ0n) is 21.3. The second-order valence-corrected chi connectivity index (χ2v) is 7.61. The first-order chi connectivity index (χ1) is 18.1. The van der Waals surface area contributed by atoms with Crippen molar-refractivity contribution in [3.63, 3.8) is 0 Å². The summed E-state index contributed by atoms with van der Waals surface area (Å²) in [5.74, 6) is -2.51. The molecule has 0 aliphatic heterocycles. The zero-order valence-corrected chi connectivity index (χ0v) is 21.3. The first-order valence-corrected chi connectivity index (χ1v) is 11.7. The van der Waals surface area contributed by atoms with Crippen LogP contribution in [0.4, 0.5) is 0 Å². The molecule has 2 atom stereocenters. The summed E-state index contributed by atoms with van der Waals surface area (Å²) in [6.07, 6.45) is 10.6. The fraction of sp³-hybridized carbons (Fsp3) is 0.308. The molecule has 0 radical (unpaired) electrons. The molecule has 0 aliphatic rings. The molecule has 0 aromatic carbocycles. The molecule has 0 saturated carbocycles. The highest BCUT2D eigenvalue weighted by Crippen LogP contribution is 1.97. The Kier molecular flexibility index (Phi) is 17.9. The maximum atomic E-state index is 12.1. The first-order valence-electron chi connectivity index (χ1n) is 11.7. The Morgan fingerprint density at radius 2 is 0.921 bits per heavy atom. The summed E-state index contributed by atoms with van der Waals surface area (Å²) in [5, 5.41) is 15.7. The molecular weight excluding hydrogens is 492 g/mol. The molecule has 0 heterocycles. The highest BCUT2D eigenvalue weighted by Gasteiger charge is 2.13. The van der Waals surface area contributed by atoms with Crippen molar-refractivity contribution >= 4 is 35.4 Å². The Balaban J connectivity index is 4.64. The number of carbonyl (C=O) groups excluding carboxylic acids is 6. The van der Waals surface area contributed by atoms with E-state index in [1.807, 2.05) is 0 Å². The third kappa shape index (κ3) is 17.7. The summed E-state index contributed by atoms with van der Waals surface area (Å²) >= 11 is 0. The van der Waals surface area contributed by atoms with Gasteiger partial charge in [-0.2, -0.15) is 0 Å². The molecule has 0 fully saturated rings. The molecule has 0 rings (SSSR count). The van der Waals surface area contributed by atoms with Gasteiger partial charge in [-0.15, -0.1) is 0 Å². The molecule has 0 aromatic heterocycles. The van der Waals surface area contributed by atoms with Crippen LogP contribution in [0.5, 0.6) is 0 Å². The van der Waals surface area contributed by atoms with E-state index in [9.17, 15) is 28.8 Å². The van der Waals surface area contributed by atoms with Crippen LogP contribution in [0.1, 0.15) is 12.8 Å². The average molecular weight is 529 g/mol. The quantitative estimate of drug-likeness (QED) is 0.0716. The van der Waals surface area contributed by atoms with Gasteiger partial charge in [0.05, 0.1) is 6.04 Å². The lowest BCUT2D eigenvalue weighted by Crippen LogP contribution is -2.49. The van der Waals surface area contributed by atoms with Crippen LogP contribution < -0.4 is 31.9 Å². The first kappa shape index (κ1) is 33.3. The summed E-state index contributed by atoms with van der Waals surface area (Å²) in [6, 6.07) is -0.971. The Morgan fingerprint density at radius 3 is 1.39 bits per heavy atom. The normalized spacial score (nSPS) is 11.9. The minimum absolute atomic E-state index is 0.0272. The van der Waals surface area contributed by atoms with E-state index in [2.05, 4.69) is 58.2 Å². The van der Waals surface area contributed by atoms with Crippen molar-refractivity contribution in [1.29, 1.82) is 0 Å². The van der Waals surface area contributed by atoms with E-state index < -0.39 is 35.6 Å². The van der Waals surface area contributed by atoms with Gasteiger partial charge in [-0.3, -0.25) is 28.8 Å². The molecule has 0 bridgehead atoms. The standard InChI is InChI=1S/C26H36N6O6/c1-5-21(33)27-15-11-12-19(31-23(35)7-3)16-29-25(37)13-9-10-14-26(38)30-18-20(32-24(36)8-4)17-28-22(34)6-2/h5-10,13-14,19-20H,1-4,11-12,15-18H2,(H,27,33)(H,28,34)(H,29,37)(H,30,38)(H,31,35)(H,32,36). The monoisotopic (exact) mass is 528 g/mol. The van der Waals surface area contributed by atoms with E-state index in [0.29, 0.717) is 19.4 Å². The summed E-state index contributed by atoms with van der Waals surface area (Å²) in [4.78, 5) is 69.8. The summed E-state index contributed by atoms with van der Waals surface area (Å²) in [7, 11) is 0. The molecule has 0 aliphatic carbocycles. The lowest BCUT2D eigenvalue weighted by atomic mass is 10.1. The largest absolute Gasteiger partial charge is 0.353 e. The number of amides is 6. The van der Waals surface area contributed by atoms with E-state index in [0.717, 1.165) is 24.3 Å². The number of hydrogen-bond donors (Lipinski definition) is 6. The van der Waals surface area contributed by atoms with Gasteiger partial charge in [0, 0.05) is 44.4 Å². The Labute approximate surface area is 222 Å². The van der Waals surface area contributed by atoms with Gasteiger partial charge >= 0.3 is 0 Å². The second-order valence-electron chi connectivity index (χ2n) is 7.61. The van der Waals surface area contributed by atoms with Gasteiger partial charge in [-0.25, -0.2) is 0 Å². The van der Waals surface area contributed by atoms with Gasteiger partial charge in [0.1, 0.15) is 0 Å². The Bertz CT molecular complexity index is 956. The van der Waals surface area contributed by atoms with Crippen LogP contribution in [0.3, 0.4) is 0 Å². The number of carbonyl (C=O) groups is 6. The Morgan fingerprint density at radius 1 is 0.526 bits per heavy atom. The molecule has 38 heavy (non-hydrogen) atoms. The van der Waals surface area contributed by atoms with Crippen molar-refractivity contribution < 1.29 is 28.8 Å². The van der Waals surface area contributed by atoms with E-state index in [1.165, 1.54) is 24.3 Å². The molecule has 6 N–H and O–H groups in total. The van der Waals surface area contributed by atoms with E-state index in [4.69, 9.17) is 0 Å². The molecule has 6 amide bonds. The van der Waals surface area contributed by atoms with Crippen molar-refractivity contribution in [3.8, 4) is 0 Å². The van der Waals surface area contributed by atoms with Crippen LogP contribution in [0.25, 0.3) is 0 Å². The van der Waals surface area contributed by atoms with Crippen LogP contribution in [0, 0.1) is 0 Å². The molecule has 0 saturated heterocycles. The second kappa shape index (κ2) is 20.5. The topological polar surface area (TPSA) is 175 Å². The van der Waals surface area contributed by atoms with E-state index in [1.54, 1.807) is 0 Å². The molecule has 206 valence electrons. The molecule has 0 aromatic rings. The highest BCUT2D eigenvalue weighted by molar-refractivity contribution is 5.91. The van der Waals surface area contributed by atoms with Crippen molar-refractivity contribution in [1.82, 2.24) is 31.9 Å². The van der Waals surface area contributed by atoms with E-state index >= 15 is 0 Å². The molecule has 12 heteroatoms. The summed E-state index contributed by atoms with van der Waals surface area (Å²) in [6.45, 7) is 14.1. The smallest absolute Gasteiger partial charge is 0.244 e. The van der Waals surface area contributed by atoms with Crippen LogP contribution in [0.15, 0.2) is 74.9 Å². The van der Waals surface area contributed by atoms with Crippen molar-refractivity contribution in [2.24, 2.45) is 0 Å². The fourth-order valence-electron chi connectivity index (χ4n) is 2.70. The van der Waals surface area contributed by atoms with Crippen molar-refractivity contribution in [3.05, 3.63) is 74.9 Å². The van der Waals surface area contributed by atoms with Gasteiger partial charge < -0.3 is 31.9 Å². The van der Waals surface area contributed by atoms with Gasteiger partial charge in [0.25, 0.3) is 0 Å². The van der Waals surface area contributed by atoms with Crippen LogP contribution in [-0.2, 0) is 28.8 Å². The van der Waals surface area contributed by atoms with E-state index in [-0.39, 0.29) is 31.6 Å². The Hall–Kier alpha value is -4.74. The minimum atomic E-state index is -0.587. The summed E-state index contributed by atoms with van der Waals surface area (Å²) < 4.78 is 0. The van der Waals surface area contributed by atoms with Gasteiger partial charge in [-0.1, -0.05) is 38.5 Å². The van der Waals surface area contributed by atoms with Gasteiger partial charge in [0.15, 0.2) is 0 Å². The molecule has 0 spiro atoms. The maximum absolute atomic E-state index is 12.1. The SMILES string of the molecule is C=CC(=O)NCCCC(CNC(=O)C=CC=CC(=O)NCC(CNC(=O)C=C)NC(=O)C=C)NC(=O)C=C.